The van der Waals surface area contributed by atoms with E-state index in [0.717, 1.165) is 94.3 Å². The minimum Gasteiger partial charge on any atom is -0.420 e. The average Bonchev–Trinajstić information content (AvgIpc) is 1.57. The normalized spacial score (nSPS) is 19.3. The number of fused-ring (bicyclic) bond motifs is 3. The van der Waals surface area contributed by atoms with Gasteiger partial charge in [-0.15, -0.1) is 24.0 Å². The third-order valence-corrected chi connectivity index (χ3v) is 23.7. The van der Waals surface area contributed by atoms with Crippen molar-refractivity contribution < 1.29 is 117 Å². The predicted octanol–water partition coefficient (Wildman–Crippen LogP) is 7.89. The molecule has 6 aliphatic heterocycles. The molecule has 32 nitrogen and oxygen atoms in total. The summed E-state index contributed by atoms with van der Waals surface area (Å²) >= 11 is 15.5. The summed E-state index contributed by atoms with van der Waals surface area (Å²) < 4.78 is 124. The molecule has 6 heterocycles. The van der Waals surface area contributed by atoms with Gasteiger partial charge in [-0.25, -0.2) is 27.6 Å². The SMILES string of the molecule is I.II.NCCCOCCOCCOCCCN.NCCCOCCOCCOCCCNC(=O)CCCCC1SCC2NC(=O)NC21.O=C(CI)NCCCOCCOCCOCCCNC(=O)CCCCC1SCC2NC(=O)NC21.O=C(CI)OC(=O)CI.O=C1NC2CSC(CCCCC(=O)Oc3c(F)c(F)c(F)c(F)c3F)C2N1. The lowest BCUT2D eigenvalue weighted by molar-refractivity contribution is -0.155. The fraction of sp³-hybridized carbons (Fsp3) is 0.792. The highest BCUT2D eigenvalue weighted by Crippen LogP contribution is 2.36. The Morgan fingerprint density at radius 3 is 0.915 bits per heavy atom. The summed E-state index contributed by atoms with van der Waals surface area (Å²) in [6.07, 6.45) is 13.3. The summed E-state index contributed by atoms with van der Waals surface area (Å²) in [5.74, 6) is -11.7. The summed E-state index contributed by atoms with van der Waals surface area (Å²) in [5.41, 5.74) is 16.0. The van der Waals surface area contributed by atoms with Crippen molar-refractivity contribution in [3.63, 3.8) is 0 Å². The van der Waals surface area contributed by atoms with E-state index in [-0.39, 0.29) is 117 Å². The summed E-state index contributed by atoms with van der Waals surface area (Å²) in [6, 6.07) is 0.800. The number of thioether (sulfide) groups is 3. The molecule has 0 aromatic heterocycles. The molecule has 1 aromatic rings. The highest BCUT2D eigenvalue weighted by atomic mass is 128. The van der Waals surface area contributed by atoms with Crippen molar-refractivity contribution in [1.82, 2.24) is 47.9 Å². The zero-order chi connectivity index (χ0) is 86.1. The van der Waals surface area contributed by atoms with Gasteiger partial charge in [-0.1, -0.05) is 87.0 Å². The number of alkyl halides is 3. The first-order chi connectivity index (χ1) is 56.7. The van der Waals surface area contributed by atoms with Gasteiger partial charge in [-0.05, 0) is 96.7 Å². The molecule has 9 atom stereocenters. The van der Waals surface area contributed by atoms with Gasteiger partial charge in [0.1, 0.15) is 0 Å². The van der Waals surface area contributed by atoms with Crippen molar-refractivity contribution in [1.29, 1.82) is 0 Å². The van der Waals surface area contributed by atoms with Crippen LogP contribution in [-0.2, 0) is 76.1 Å². The monoisotopic (exact) mass is 2430 g/mol. The molecule has 0 radical (unpaired) electrons. The Kier molecular flexibility index (Phi) is 73.6. The molecule has 684 valence electrons. The number of carbonyl (C=O) groups is 9. The molecule has 1 aromatic carbocycles. The van der Waals surface area contributed by atoms with E-state index >= 15 is 0 Å². The van der Waals surface area contributed by atoms with E-state index < -0.39 is 52.7 Å². The summed E-state index contributed by atoms with van der Waals surface area (Å²) in [7, 11) is 0. The molecule has 6 aliphatic rings. The van der Waals surface area contributed by atoms with Crippen LogP contribution in [0.15, 0.2) is 0 Å². The van der Waals surface area contributed by atoms with Gasteiger partial charge in [-0.2, -0.15) is 44.1 Å². The number of nitrogens with one attached hydrogen (secondary N) is 9. The largest absolute Gasteiger partial charge is 0.420 e. The lowest BCUT2D eigenvalue weighted by atomic mass is 10.0. The van der Waals surface area contributed by atoms with E-state index in [1.807, 2.05) is 91.3 Å². The number of rotatable bonds is 58. The first-order valence-corrected chi connectivity index (χ1v) is 53.2. The van der Waals surface area contributed by atoms with E-state index in [9.17, 15) is 65.1 Å². The van der Waals surface area contributed by atoms with Crippen LogP contribution < -0.4 is 69.8 Å². The van der Waals surface area contributed by atoms with Crippen LogP contribution in [0.25, 0.3) is 0 Å². The van der Waals surface area contributed by atoms with Gasteiger partial charge >= 0.3 is 36.0 Å². The molecule has 7 rings (SSSR count). The predicted molar refractivity (Wildman–Crippen MR) is 496 cm³/mol. The maximum atomic E-state index is 13.5. The zero-order valence-electron chi connectivity index (χ0n) is 66.4. The number of unbranched alkanes of at least 4 members (excludes halogenated alkanes) is 3. The molecule has 118 heavy (non-hydrogen) atoms. The van der Waals surface area contributed by atoms with Crippen LogP contribution in [0.1, 0.15) is 116 Å². The van der Waals surface area contributed by atoms with Crippen LogP contribution in [0.3, 0.4) is 0 Å². The Morgan fingerprint density at radius 1 is 0.356 bits per heavy atom. The first kappa shape index (κ1) is 115. The second-order valence-electron chi connectivity index (χ2n) is 26.3. The smallest absolute Gasteiger partial charge is 0.323 e. The standard InChI is InChI=1S/C22H39IN4O6S.C20H38N4O5S.C16H15F5N2O3S.C10H24N2O3.C4H4I2O3.I2.HI/c23-15-20(29)25-8-4-10-32-12-14-33-13-11-31-9-3-7-24-19(28)6-2-1-5-18-21-17(16-34-18)26-22(30)27-21;21-7-3-9-27-11-13-29-14-12-28-10-4-8-22-18(25)6-2-1-5-17-19-16(15-30-17)23-20(26)24-19;17-9-10(18)12(20)15(13(21)11(9)19)26-8(24)4-2-1-3-7-14-6(5-27-7)22-16(25)23-14;11-3-1-5-13-7-9-15-10-8-14-6-2-4-12;5-1-3(7)9-4(8)2-6;1-2;/h17-18,21H,1-16H2,(H,24,28)(H,25,29)(H2,26,27,30);16-17,19H,1-15,21H2,(H,22,25)(H2,23,24,26);6-7,14H,1-5H2,(H2,22,23,25);1-12H2;1-2H2;;1H. The van der Waals surface area contributed by atoms with Crippen molar-refractivity contribution in [3.8, 4) is 5.75 Å². The average molecular weight is 2430 g/mol. The third kappa shape index (κ3) is 54.0. The molecule has 9 unspecified atom stereocenters. The van der Waals surface area contributed by atoms with Gasteiger partial charge in [0.2, 0.25) is 52.6 Å². The van der Waals surface area contributed by atoms with Crippen LogP contribution in [-0.4, -0.2) is 294 Å². The molecule has 15 N–H and O–H groups in total. The number of ether oxygens (including phenoxy) is 11. The molecular weight excluding hydrogens is 2310 g/mol. The molecule has 0 spiro atoms. The Labute approximate surface area is 783 Å². The Morgan fingerprint density at radius 2 is 0.627 bits per heavy atom. The van der Waals surface area contributed by atoms with Gasteiger partial charge < -0.3 is 117 Å². The van der Waals surface area contributed by atoms with Crippen molar-refractivity contribution in [2.24, 2.45) is 17.2 Å². The zero-order valence-corrected chi connectivity index (χ0v) is 82.0. The molecule has 6 saturated heterocycles. The number of halogens is 11. The van der Waals surface area contributed by atoms with Gasteiger partial charge in [-0.3, -0.25) is 28.8 Å². The van der Waals surface area contributed by atoms with Gasteiger partial charge in [0.25, 0.3) is 0 Å². The maximum absolute atomic E-state index is 13.5. The Balaban J connectivity index is 0.000000770. The van der Waals surface area contributed by atoms with E-state index in [1.165, 1.54) is 0 Å². The molecule has 0 bridgehead atoms. The molecular formula is C72H121F5I6N12O20S3. The van der Waals surface area contributed by atoms with Crippen molar-refractivity contribution >= 4 is 218 Å². The number of carbonyl (C=O) groups excluding carboxylic acids is 9. The molecule has 0 aliphatic carbocycles. The molecule has 9 amide bonds. The summed E-state index contributed by atoms with van der Waals surface area (Å²) in [4.78, 5) is 101. The maximum Gasteiger partial charge on any atom is 0.323 e. The molecule has 6 fully saturated rings. The van der Waals surface area contributed by atoms with Gasteiger partial charge in [0.05, 0.1) is 129 Å². The molecule has 0 saturated carbocycles. The Bertz CT molecular complexity index is 2890. The van der Waals surface area contributed by atoms with Crippen molar-refractivity contribution in [3.05, 3.63) is 29.1 Å². The third-order valence-electron chi connectivity index (χ3n) is 17.2. The number of amides is 9. The number of benzene rings is 1. The van der Waals surface area contributed by atoms with Crippen molar-refractivity contribution in [2.45, 2.75) is 168 Å². The highest BCUT2D eigenvalue weighted by Gasteiger charge is 2.45. The number of hydrogen-bond donors (Lipinski definition) is 12. The highest BCUT2D eigenvalue weighted by molar-refractivity contribution is 15.0. The van der Waals surface area contributed by atoms with E-state index in [1.54, 1.807) is 11.8 Å². The molecule has 46 heteroatoms. The first-order valence-electron chi connectivity index (χ1n) is 39.2. The summed E-state index contributed by atoms with van der Waals surface area (Å²) in [5, 5.41) is 27.3. The summed E-state index contributed by atoms with van der Waals surface area (Å²) in [6.45, 7) is 14.6. The fourth-order valence-corrected chi connectivity index (χ4v) is 16.7. The lowest BCUT2D eigenvalue weighted by Crippen LogP contribution is -2.36. The van der Waals surface area contributed by atoms with Gasteiger partial charge in [0, 0.05) is 149 Å². The minimum atomic E-state index is -2.31. The second kappa shape index (κ2) is 75.8. The Hall–Kier alpha value is -1.35. The minimum absolute atomic E-state index is 0. The number of nitrogens with two attached hydrogens (primary N) is 3. The topological polar surface area (TPSA) is 441 Å². The van der Waals surface area contributed by atoms with Crippen LogP contribution >= 0.6 is 164 Å². The van der Waals surface area contributed by atoms with Crippen LogP contribution in [0.2, 0.25) is 0 Å². The van der Waals surface area contributed by atoms with E-state index in [0.29, 0.717) is 205 Å². The fourth-order valence-electron chi connectivity index (χ4n) is 11.4. The van der Waals surface area contributed by atoms with E-state index in [2.05, 4.69) is 94.6 Å². The second-order valence-corrected chi connectivity index (χ2v) is 32.4. The van der Waals surface area contributed by atoms with Crippen LogP contribution in [0.4, 0.5) is 36.3 Å². The number of esters is 3. The van der Waals surface area contributed by atoms with Gasteiger partial charge in [0.15, 0.2) is 0 Å². The van der Waals surface area contributed by atoms with Crippen LogP contribution in [0, 0.1) is 29.1 Å². The van der Waals surface area contributed by atoms with Crippen LogP contribution in [0.5, 0.6) is 5.75 Å². The number of hydrogen-bond acceptors (Lipinski definition) is 26. The quantitative estimate of drug-likeness (QED) is 0.00282. The lowest BCUT2D eigenvalue weighted by Gasteiger charge is -2.16. The van der Waals surface area contributed by atoms with E-state index in [4.69, 9.17) is 59.8 Å². The van der Waals surface area contributed by atoms with Crippen molar-refractivity contribution in [2.75, 3.05) is 189 Å². The number of urea groups is 3.